The molecule has 1 amide bonds. The van der Waals surface area contributed by atoms with Gasteiger partial charge in [0.15, 0.2) is 5.78 Å². The Kier molecular flexibility index (Phi) is 4.16. The van der Waals surface area contributed by atoms with Gasteiger partial charge in [0.1, 0.15) is 11.5 Å². The summed E-state index contributed by atoms with van der Waals surface area (Å²) in [5.41, 5.74) is 2.51. The van der Waals surface area contributed by atoms with Crippen molar-refractivity contribution in [1.82, 2.24) is 9.78 Å². The Hall–Kier alpha value is -3.15. The van der Waals surface area contributed by atoms with Crippen molar-refractivity contribution in [1.29, 1.82) is 0 Å². The maximum Gasteiger partial charge on any atom is 0.260 e. The second kappa shape index (κ2) is 6.63. The highest BCUT2D eigenvalue weighted by Crippen LogP contribution is 2.30. The van der Waals surface area contributed by atoms with Crippen LogP contribution in [0.4, 0.5) is 5.69 Å². The zero-order chi connectivity index (χ0) is 18.1. The van der Waals surface area contributed by atoms with E-state index in [0.29, 0.717) is 47.7 Å². The summed E-state index contributed by atoms with van der Waals surface area (Å²) in [6.07, 6.45) is 5.30. The van der Waals surface area contributed by atoms with E-state index in [2.05, 4.69) is 10.4 Å². The molecule has 0 bridgehead atoms. The first kappa shape index (κ1) is 16.3. The molecule has 3 aromatic rings. The predicted octanol–water partition coefficient (Wildman–Crippen LogP) is 3.60. The number of anilines is 1. The van der Waals surface area contributed by atoms with Crippen molar-refractivity contribution in [2.24, 2.45) is 0 Å². The molecule has 2 aromatic heterocycles. The van der Waals surface area contributed by atoms with Crippen LogP contribution in [0.5, 0.6) is 0 Å². The Morgan fingerprint density at radius 2 is 2.08 bits per heavy atom. The third-order valence-corrected chi connectivity index (χ3v) is 4.55. The number of benzene rings is 1. The van der Waals surface area contributed by atoms with Crippen molar-refractivity contribution < 1.29 is 14.0 Å². The average Bonchev–Trinajstić information content (AvgIpc) is 3.20. The molecule has 0 saturated heterocycles. The van der Waals surface area contributed by atoms with Gasteiger partial charge in [-0.25, -0.2) is 0 Å². The fraction of sp³-hybridized carbons (Fsp3) is 0.250. The number of Topliss-reactive ketones (excluding diaryl/α,β-unsaturated/α-hetero) is 1. The van der Waals surface area contributed by atoms with Crippen molar-refractivity contribution in [2.75, 3.05) is 5.32 Å². The predicted molar refractivity (Wildman–Crippen MR) is 96.4 cm³/mol. The van der Waals surface area contributed by atoms with E-state index in [0.717, 1.165) is 12.0 Å². The summed E-state index contributed by atoms with van der Waals surface area (Å²) < 4.78 is 7.41. The molecule has 0 atom stereocenters. The van der Waals surface area contributed by atoms with Gasteiger partial charge in [0.05, 0.1) is 29.6 Å². The topological polar surface area (TPSA) is 77.1 Å². The molecule has 132 valence electrons. The highest BCUT2D eigenvalue weighted by atomic mass is 16.3. The van der Waals surface area contributed by atoms with E-state index in [1.54, 1.807) is 24.0 Å². The van der Waals surface area contributed by atoms with Gasteiger partial charge in [0.2, 0.25) is 0 Å². The fourth-order valence-corrected chi connectivity index (χ4v) is 3.36. The number of fused-ring (bicyclic) bond motifs is 1. The lowest BCUT2D eigenvalue weighted by molar-refractivity contribution is 0.0955. The Bertz CT molecular complexity index is 970. The second-order valence-corrected chi connectivity index (χ2v) is 6.47. The highest BCUT2D eigenvalue weighted by molar-refractivity contribution is 6.14. The zero-order valence-corrected chi connectivity index (χ0v) is 14.5. The van der Waals surface area contributed by atoms with Crippen molar-refractivity contribution in [3.63, 3.8) is 0 Å². The van der Waals surface area contributed by atoms with Gasteiger partial charge in [-0.2, -0.15) is 5.10 Å². The molecule has 1 N–H and O–H groups in total. The van der Waals surface area contributed by atoms with Gasteiger partial charge < -0.3 is 9.73 Å². The Morgan fingerprint density at radius 3 is 2.88 bits per heavy atom. The van der Waals surface area contributed by atoms with E-state index in [-0.39, 0.29) is 11.7 Å². The molecule has 0 fully saturated rings. The molecule has 0 unspecified atom stereocenters. The lowest BCUT2D eigenvalue weighted by Crippen LogP contribution is -2.18. The molecule has 1 aromatic carbocycles. The molecular formula is C20H19N3O3. The maximum atomic E-state index is 12.7. The summed E-state index contributed by atoms with van der Waals surface area (Å²) in [6, 6.07) is 9.96. The third kappa shape index (κ3) is 3.06. The lowest BCUT2D eigenvalue weighted by atomic mass is 9.93. The molecule has 0 spiro atoms. The number of hydrogen-bond donors (Lipinski definition) is 1. The van der Waals surface area contributed by atoms with Gasteiger partial charge in [-0.15, -0.1) is 0 Å². The summed E-state index contributed by atoms with van der Waals surface area (Å²) in [4.78, 5) is 24.9. The summed E-state index contributed by atoms with van der Waals surface area (Å²) in [6.45, 7) is 2.34. The molecule has 6 nitrogen and oxygen atoms in total. The largest absolute Gasteiger partial charge is 0.465 e. The van der Waals surface area contributed by atoms with Gasteiger partial charge in [0.25, 0.3) is 5.91 Å². The smallest absolute Gasteiger partial charge is 0.260 e. The Labute approximate surface area is 150 Å². The molecule has 0 aliphatic heterocycles. The monoisotopic (exact) mass is 349 g/mol. The van der Waals surface area contributed by atoms with Crippen molar-refractivity contribution in [3.05, 3.63) is 70.9 Å². The number of nitrogens with zero attached hydrogens (tertiary/aromatic N) is 2. The van der Waals surface area contributed by atoms with Crippen LogP contribution in [0.25, 0.3) is 0 Å². The molecule has 26 heavy (non-hydrogen) atoms. The van der Waals surface area contributed by atoms with Gasteiger partial charge in [-0.3, -0.25) is 14.3 Å². The minimum Gasteiger partial charge on any atom is -0.465 e. The van der Waals surface area contributed by atoms with E-state index >= 15 is 0 Å². The number of amides is 1. The second-order valence-electron chi connectivity index (χ2n) is 6.47. The van der Waals surface area contributed by atoms with Crippen molar-refractivity contribution >= 4 is 17.4 Å². The highest BCUT2D eigenvalue weighted by Gasteiger charge is 2.30. The number of ketones is 1. The lowest BCUT2D eigenvalue weighted by Gasteiger charge is -2.09. The Balaban J connectivity index is 1.53. The summed E-state index contributed by atoms with van der Waals surface area (Å²) in [5, 5.41) is 7.11. The first-order valence-corrected chi connectivity index (χ1v) is 8.65. The molecule has 0 saturated carbocycles. The van der Waals surface area contributed by atoms with E-state index in [4.69, 9.17) is 4.42 Å². The number of aromatic nitrogens is 2. The Morgan fingerprint density at radius 1 is 1.27 bits per heavy atom. The van der Waals surface area contributed by atoms with E-state index in [1.165, 1.54) is 0 Å². The molecule has 6 heteroatoms. The number of nitrogens with one attached hydrogen (secondary N) is 1. The summed E-state index contributed by atoms with van der Waals surface area (Å²) >= 11 is 0. The number of aryl methyl sites for hydroxylation is 2. The first-order chi connectivity index (χ1) is 12.6. The fourth-order valence-electron chi connectivity index (χ4n) is 3.36. The van der Waals surface area contributed by atoms with Crippen LogP contribution >= 0.6 is 0 Å². The van der Waals surface area contributed by atoms with Crippen molar-refractivity contribution in [3.8, 4) is 0 Å². The van der Waals surface area contributed by atoms with E-state index in [1.807, 2.05) is 30.3 Å². The van der Waals surface area contributed by atoms with Crippen LogP contribution in [0.3, 0.4) is 0 Å². The zero-order valence-electron chi connectivity index (χ0n) is 14.5. The molecule has 2 heterocycles. The molecule has 1 aliphatic rings. The van der Waals surface area contributed by atoms with Gasteiger partial charge >= 0.3 is 0 Å². The number of carbonyl (C=O) groups excluding carboxylic acids is 2. The van der Waals surface area contributed by atoms with E-state index < -0.39 is 0 Å². The van der Waals surface area contributed by atoms with Crippen LogP contribution in [0, 0.1) is 6.92 Å². The van der Waals surface area contributed by atoms with E-state index in [9.17, 15) is 9.59 Å². The molecule has 4 rings (SSSR count). The van der Waals surface area contributed by atoms with Gasteiger partial charge in [0, 0.05) is 19.0 Å². The van der Waals surface area contributed by atoms with Gasteiger partial charge in [-0.1, -0.05) is 30.3 Å². The number of rotatable bonds is 4. The average molecular weight is 349 g/mol. The molecule has 1 aliphatic carbocycles. The van der Waals surface area contributed by atoms with Crippen LogP contribution in [0.2, 0.25) is 0 Å². The van der Waals surface area contributed by atoms with Crippen LogP contribution in [-0.4, -0.2) is 21.5 Å². The normalized spacial score (nSPS) is 13.5. The van der Waals surface area contributed by atoms with Crippen LogP contribution in [-0.2, 0) is 13.0 Å². The number of hydrogen-bond acceptors (Lipinski definition) is 4. The SMILES string of the molecule is Cc1oc2c(c1C(=O)Nc1cnn(Cc3ccccc3)c1)C(=O)CCC2. The standard InChI is InChI=1S/C20H19N3O3/c1-13-18(19-16(24)8-5-9-17(19)26-13)20(25)22-15-10-21-23(12-15)11-14-6-3-2-4-7-14/h2-4,6-7,10,12H,5,8-9,11H2,1H3,(H,22,25). The molecule has 0 radical (unpaired) electrons. The summed E-state index contributed by atoms with van der Waals surface area (Å²) in [7, 11) is 0. The number of furan rings is 1. The molecular weight excluding hydrogens is 330 g/mol. The quantitative estimate of drug-likeness (QED) is 0.781. The minimum absolute atomic E-state index is 0.0203. The minimum atomic E-state index is -0.331. The summed E-state index contributed by atoms with van der Waals surface area (Å²) in [5.74, 6) is 0.762. The van der Waals surface area contributed by atoms with Crippen LogP contribution in [0.1, 0.15) is 50.6 Å². The van der Waals surface area contributed by atoms with Crippen LogP contribution < -0.4 is 5.32 Å². The van der Waals surface area contributed by atoms with Gasteiger partial charge in [-0.05, 0) is 18.9 Å². The van der Waals surface area contributed by atoms with Crippen LogP contribution in [0.15, 0.2) is 47.1 Å². The maximum absolute atomic E-state index is 12.7. The third-order valence-electron chi connectivity index (χ3n) is 4.55. The first-order valence-electron chi connectivity index (χ1n) is 8.65. The number of carbonyl (C=O) groups is 2. The van der Waals surface area contributed by atoms with Crippen molar-refractivity contribution in [2.45, 2.75) is 32.7 Å².